The molecule has 2 nitrogen and oxygen atoms in total. The molecule has 12 rings (SSSR count). The van der Waals surface area contributed by atoms with Gasteiger partial charge in [0.15, 0.2) is 0 Å². The van der Waals surface area contributed by atoms with Gasteiger partial charge in [0.2, 0.25) is 0 Å². The lowest BCUT2D eigenvalue weighted by atomic mass is 9.87. The van der Waals surface area contributed by atoms with Gasteiger partial charge in [0.1, 0.15) is 0 Å². The zero-order valence-corrected chi connectivity index (χ0v) is 36.3. The average Bonchev–Trinajstić information content (AvgIpc) is 3.40. The van der Waals surface area contributed by atoms with E-state index in [1.165, 1.54) is 76.8 Å². The maximum Gasteiger partial charge on any atom is 0.0462 e. The molecule has 0 atom stereocenters. The maximum atomic E-state index is 2.33. The summed E-state index contributed by atoms with van der Waals surface area (Å²) in [6.07, 6.45) is 0. The Balaban J connectivity index is 0.889. The van der Waals surface area contributed by atoms with Crippen LogP contribution in [0.5, 0.6) is 0 Å². The standard InChI is InChI=1S/C64H44N2/c1-5-13-45(14-6-1)47-21-33-55(34-22-47)65(53-17-9-3-10-18-53)57-37-25-49(26-38-57)59-41-29-51-32-44-62-60(42-30-52-31-43-61(59)63(51)64(52)62)50-27-39-58(40-28-50)66(54-19-11-4-12-20-54)56-35-23-48(24-36-56)46-15-7-2-8-16-46/h1-44H. The Morgan fingerprint density at radius 3 is 0.773 bits per heavy atom. The first-order valence-electron chi connectivity index (χ1n) is 22.7. The van der Waals surface area contributed by atoms with Gasteiger partial charge in [0.25, 0.3) is 0 Å². The van der Waals surface area contributed by atoms with E-state index in [1.54, 1.807) is 0 Å². The first-order chi connectivity index (χ1) is 32.7. The van der Waals surface area contributed by atoms with E-state index < -0.39 is 0 Å². The van der Waals surface area contributed by atoms with E-state index in [1.807, 2.05) is 0 Å². The molecule has 12 aromatic rings. The summed E-state index contributed by atoms with van der Waals surface area (Å²) in [4.78, 5) is 4.67. The van der Waals surface area contributed by atoms with E-state index in [0.717, 1.165) is 34.1 Å². The lowest BCUT2D eigenvalue weighted by molar-refractivity contribution is 1.28. The van der Waals surface area contributed by atoms with Gasteiger partial charge in [0.05, 0.1) is 0 Å². The number of anilines is 6. The fraction of sp³-hybridized carbons (Fsp3) is 0. The molecule has 0 aliphatic rings. The third kappa shape index (κ3) is 7.12. The van der Waals surface area contributed by atoms with E-state index in [-0.39, 0.29) is 0 Å². The molecule has 310 valence electrons. The second-order valence-corrected chi connectivity index (χ2v) is 16.9. The number of hydrogen-bond acceptors (Lipinski definition) is 2. The molecular formula is C64H44N2. The van der Waals surface area contributed by atoms with Crippen molar-refractivity contribution in [2.45, 2.75) is 0 Å². The van der Waals surface area contributed by atoms with E-state index in [4.69, 9.17) is 0 Å². The van der Waals surface area contributed by atoms with Crippen molar-refractivity contribution in [3.63, 3.8) is 0 Å². The van der Waals surface area contributed by atoms with Crippen molar-refractivity contribution in [3.8, 4) is 44.5 Å². The van der Waals surface area contributed by atoms with Crippen LogP contribution >= 0.6 is 0 Å². The van der Waals surface area contributed by atoms with E-state index >= 15 is 0 Å². The van der Waals surface area contributed by atoms with Gasteiger partial charge in [-0.1, -0.05) is 194 Å². The predicted molar refractivity (Wildman–Crippen MR) is 281 cm³/mol. The first kappa shape index (κ1) is 38.9. The zero-order valence-electron chi connectivity index (χ0n) is 36.3. The van der Waals surface area contributed by atoms with Crippen molar-refractivity contribution in [1.82, 2.24) is 0 Å². The Labute approximate surface area is 385 Å². The fourth-order valence-corrected chi connectivity index (χ4v) is 9.80. The van der Waals surface area contributed by atoms with Crippen molar-refractivity contribution < 1.29 is 0 Å². The molecule has 0 heterocycles. The number of para-hydroxylation sites is 2. The molecule has 2 heteroatoms. The first-order valence-corrected chi connectivity index (χ1v) is 22.7. The molecule has 66 heavy (non-hydrogen) atoms. The van der Waals surface area contributed by atoms with Gasteiger partial charge in [-0.25, -0.2) is 0 Å². The fourth-order valence-electron chi connectivity index (χ4n) is 9.80. The quantitative estimate of drug-likeness (QED) is 0.127. The van der Waals surface area contributed by atoms with Crippen LogP contribution in [0.15, 0.2) is 267 Å². The van der Waals surface area contributed by atoms with Gasteiger partial charge in [-0.2, -0.15) is 0 Å². The summed E-state index contributed by atoms with van der Waals surface area (Å²) in [7, 11) is 0. The predicted octanol–water partition coefficient (Wildman–Crippen LogP) is 18.2. The van der Waals surface area contributed by atoms with Crippen LogP contribution in [-0.4, -0.2) is 0 Å². The van der Waals surface area contributed by atoms with Crippen LogP contribution in [0.4, 0.5) is 34.1 Å². The Kier molecular flexibility index (Phi) is 9.89. The Morgan fingerprint density at radius 1 is 0.182 bits per heavy atom. The van der Waals surface area contributed by atoms with Crippen LogP contribution in [0.25, 0.3) is 76.8 Å². The molecule has 0 amide bonds. The Morgan fingerprint density at radius 2 is 0.439 bits per heavy atom. The minimum absolute atomic E-state index is 1.11. The summed E-state index contributed by atoms with van der Waals surface area (Å²) in [6, 6.07) is 96.7. The van der Waals surface area contributed by atoms with E-state index in [2.05, 4.69) is 277 Å². The van der Waals surface area contributed by atoms with Gasteiger partial charge in [-0.3, -0.25) is 0 Å². The molecule has 0 unspecified atom stereocenters. The molecule has 0 radical (unpaired) electrons. The number of rotatable bonds is 10. The molecule has 0 aliphatic heterocycles. The highest BCUT2D eigenvalue weighted by molar-refractivity contribution is 6.27. The summed E-state index contributed by atoms with van der Waals surface area (Å²) in [5.74, 6) is 0. The topological polar surface area (TPSA) is 6.48 Å². The highest BCUT2D eigenvalue weighted by Crippen LogP contribution is 2.44. The minimum atomic E-state index is 1.11. The third-order valence-corrected chi connectivity index (χ3v) is 13.0. The smallest absolute Gasteiger partial charge is 0.0462 e. The van der Waals surface area contributed by atoms with Gasteiger partial charge in [-0.15, -0.1) is 0 Å². The number of hydrogen-bond donors (Lipinski definition) is 0. The Hall–Kier alpha value is -8.72. The van der Waals surface area contributed by atoms with Gasteiger partial charge < -0.3 is 9.80 Å². The van der Waals surface area contributed by atoms with Gasteiger partial charge >= 0.3 is 0 Å². The molecule has 0 spiro atoms. The minimum Gasteiger partial charge on any atom is -0.311 e. The summed E-state index contributed by atoms with van der Waals surface area (Å²) < 4.78 is 0. The molecular weight excluding hydrogens is 797 g/mol. The van der Waals surface area contributed by atoms with Crippen molar-refractivity contribution in [2.24, 2.45) is 0 Å². The second-order valence-electron chi connectivity index (χ2n) is 16.9. The molecule has 12 aromatic carbocycles. The third-order valence-electron chi connectivity index (χ3n) is 13.0. The lowest BCUT2D eigenvalue weighted by Gasteiger charge is -2.26. The second kappa shape index (κ2) is 16.8. The summed E-state index contributed by atoms with van der Waals surface area (Å²) >= 11 is 0. The molecule has 0 saturated carbocycles. The number of nitrogens with zero attached hydrogens (tertiary/aromatic N) is 2. The molecule has 0 aromatic heterocycles. The van der Waals surface area contributed by atoms with Crippen LogP contribution in [0, 0.1) is 0 Å². The van der Waals surface area contributed by atoms with Crippen LogP contribution in [0.1, 0.15) is 0 Å². The highest BCUT2D eigenvalue weighted by Gasteiger charge is 2.18. The van der Waals surface area contributed by atoms with Crippen molar-refractivity contribution in [3.05, 3.63) is 267 Å². The van der Waals surface area contributed by atoms with Crippen molar-refractivity contribution in [1.29, 1.82) is 0 Å². The maximum absolute atomic E-state index is 2.33. The van der Waals surface area contributed by atoms with Gasteiger partial charge in [-0.05, 0) is 150 Å². The van der Waals surface area contributed by atoms with Gasteiger partial charge in [0, 0.05) is 34.1 Å². The van der Waals surface area contributed by atoms with E-state index in [0.29, 0.717) is 0 Å². The Bertz CT molecular complexity index is 3330. The summed E-state index contributed by atoms with van der Waals surface area (Å²) in [5, 5.41) is 7.65. The summed E-state index contributed by atoms with van der Waals surface area (Å²) in [5.41, 5.74) is 16.4. The highest BCUT2D eigenvalue weighted by atomic mass is 15.1. The molecule has 0 aliphatic carbocycles. The molecule has 0 saturated heterocycles. The molecule has 0 bridgehead atoms. The number of benzene rings is 12. The van der Waals surface area contributed by atoms with E-state index in [9.17, 15) is 0 Å². The molecule has 0 N–H and O–H groups in total. The van der Waals surface area contributed by atoms with Crippen molar-refractivity contribution in [2.75, 3.05) is 9.80 Å². The van der Waals surface area contributed by atoms with Crippen LogP contribution in [-0.2, 0) is 0 Å². The summed E-state index contributed by atoms with van der Waals surface area (Å²) in [6.45, 7) is 0. The van der Waals surface area contributed by atoms with Crippen LogP contribution in [0.2, 0.25) is 0 Å². The SMILES string of the molecule is c1ccc(-c2ccc(N(c3ccccc3)c3ccc(-c4ccc5ccc6c(-c7ccc(N(c8ccccc8)c8ccc(-c9ccccc9)cc8)cc7)ccc7ccc4c5c76)cc3)cc2)cc1. The van der Waals surface area contributed by atoms with Crippen molar-refractivity contribution >= 4 is 66.4 Å². The average molecular weight is 841 g/mol. The zero-order chi connectivity index (χ0) is 43.8. The molecule has 0 fully saturated rings. The largest absolute Gasteiger partial charge is 0.311 e. The van der Waals surface area contributed by atoms with Crippen LogP contribution in [0.3, 0.4) is 0 Å². The monoisotopic (exact) mass is 840 g/mol. The normalized spacial score (nSPS) is 11.3. The van der Waals surface area contributed by atoms with Crippen LogP contribution < -0.4 is 9.80 Å². The lowest BCUT2D eigenvalue weighted by Crippen LogP contribution is -2.09.